The van der Waals surface area contributed by atoms with Crippen molar-refractivity contribution < 1.29 is 19.5 Å². The maximum atomic E-state index is 12.1. The SMILES string of the molecule is Cc1cc(C(=O)CCC(=O)NCc2ccc(C(=O)O)s2)c(C)s1. The van der Waals surface area contributed by atoms with Crippen LogP contribution in [0.4, 0.5) is 0 Å². The van der Waals surface area contributed by atoms with Crippen LogP contribution in [0.15, 0.2) is 18.2 Å². The Kier molecular flexibility index (Phi) is 5.68. The Labute approximate surface area is 142 Å². The number of ketones is 1. The summed E-state index contributed by atoms with van der Waals surface area (Å²) in [5.41, 5.74) is 0.699. The molecule has 2 heterocycles. The molecule has 0 aliphatic rings. The second kappa shape index (κ2) is 7.52. The number of carbonyl (C=O) groups is 3. The molecule has 0 fully saturated rings. The van der Waals surface area contributed by atoms with Gasteiger partial charge in [-0.05, 0) is 32.0 Å². The molecule has 2 aromatic rings. The molecule has 2 rings (SSSR count). The fourth-order valence-corrected chi connectivity index (χ4v) is 3.86. The summed E-state index contributed by atoms with van der Waals surface area (Å²) in [6.07, 6.45) is 0.304. The van der Waals surface area contributed by atoms with Gasteiger partial charge in [-0.1, -0.05) is 0 Å². The summed E-state index contributed by atoms with van der Waals surface area (Å²) in [5, 5.41) is 11.5. The molecule has 0 unspecified atom stereocenters. The van der Waals surface area contributed by atoms with Crippen molar-refractivity contribution >= 4 is 40.3 Å². The van der Waals surface area contributed by atoms with E-state index in [4.69, 9.17) is 5.11 Å². The van der Waals surface area contributed by atoms with Crippen molar-refractivity contribution in [1.29, 1.82) is 0 Å². The summed E-state index contributed by atoms with van der Waals surface area (Å²) >= 11 is 2.71. The Morgan fingerprint density at radius 1 is 1.13 bits per heavy atom. The minimum atomic E-state index is -0.973. The van der Waals surface area contributed by atoms with Gasteiger partial charge in [-0.15, -0.1) is 22.7 Å². The third kappa shape index (κ3) is 4.74. The van der Waals surface area contributed by atoms with Crippen molar-refractivity contribution in [2.24, 2.45) is 0 Å². The molecular formula is C16H17NO4S2. The lowest BCUT2D eigenvalue weighted by Gasteiger charge is -2.03. The van der Waals surface area contributed by atoms with Gasteiger partial charge in [0.25, 0.3) is 0 Å². The predicted octanol–water partition coefficient (Wildman–Crippen LogP) is 3.40. The summed E-state index contributed by atoms with van der Waals surface area (Å²) in [6, 6.07) is 5.05. The zero-order valence-corrected chi connectivity index (χ0v) is 14.5. The summed E-state index contributed by atoms with van der Waals surface area (Å²) in [6.45, 7) is 4.14. The van der Waals surface area contributed by atoms with Crippen LogP contribution >= 0.6 is 22.7 Å². The Hall–Kier alpha value is -1.99. The number of Topliss-reactive ketones (excluding diaryl/α,β-unsaturated/α-hetero) is 1. The molecule has 7 heteroatoms. The highest BCUT2D eigenvalue weighted by Crippen LogP contribution is 2.22. The predicted molar refractivity (Wildman–Crippen MR) is 90.5 cm³/mol. The van der Waals surface area contributed by atoms with Gasteiger partial charge in [-0.3, -0.25) is 9.59 Å². The van der Waals surface area contributed by atoms with Gasteiger partial charge in [0, 0.05) is 33.0 Å². The van der Waals surface area contributed by atoms with E-state index >= 15 is 0 Å². The molecular weight excluding hydrogens is 334 g/mol. The fraction of sp³-hybridized carbons (Fsp3) is 0.312. The van der Waals surface area contributed by atoms with Gasteiger partial charge >= 0.3 is 5.97 Å². The molecule has 23 heavy (non-hydrogen) atoms. The smallest absolute Gasteiger partial charge is 0.345 e. The van der Waals surface area contributed by atoms with Crippen LogP contribution in [0.1, 0.15) is 47.5 Å². The lowest BCUT2D eigenvalue weighted by atomic mass is 10.1. The largest absolute Gasteiger partial charge is 0.477 e. The van der Waals surface area contributed by atoms with Gasteiger partial charge < -0.3 is 10.4 Å². The Morgan fingerprint density at radius 2 is 1.87 bits per heavy atom. The maximum Gasteiger partial charge on any atom is 0.345 e. The van der Waals surface area contributed by atoms with E-state index in [0.29, 0.717) is 5.56 Å². The molecule has 2 N–H and O–H groups in total. The van der Waals surface area contributed by atoms with Crippen molar-refractivity contribution in [3.63, 3.8) is 0 Å². The van der Waals surface area contributed by atoms with Crippen LogP contribution in [0.5, 0.6) is 0 Å². The van der Waals surface area contributed by atoms with Gasteiger partial charge in [-0.25, -0.2) is 4.79 Å². The lowest BCUT2D eigenvalue weighted by Crippen LogP contribution is -2.22. The highest BCUT2D eigenvalue weighted by Gasteiger charge is 2.14. The molecule has 5 nitrogen and oxygen atoms in total. The first kappa shape index (κ1) is 17.4. The average Bonchev–Trinajstić information content (AvgIpc) is 3.09. The van der Waals surface area contributed by atoms with E-state index in [1.807, 2.05) is 19.9 Å². The Balaban J connectivity index is 1.79. The maximum absolute atomic E-state index is 12.1. The summed E-state index contributed by atoms with van der Waals surface area (Å²) in [4.78, 5) is 37.8. The monoisotopic (exact) mass is 351 g/mol. The lowest BCUT2D eigenvalue weighted by molar-refractivity contribution is -0.121. The number of carbonyl (C=O) groups excluding carboxylic acids is 2. The molecule has 0 spiro atoms. The standard InChI is InChI=1S/C16H17NO4S2/c1-9-7-12(10(2)22-9)13(18)4-6-15(19)17-8-11-3-5-14(23-11)16(20)21/h3,5,7H,4,6,8H2,1-2H3,(H,17,19)(H,20,21). The van der Waals surface area contributed by atoms with Crippen LogP contribution in [0.25, 0.3) is 0 Å². The highest BCUT2D eigenvalue weighted by atomic mass is 32.1. The van der Waals surface area contributed by atoms with E-state index in [1.54, 1.807) is 17.4 Å². The number of hydrogen-bond acceptors (Lipinski definition) is 5. The molecule has 1 amide bonds. The van der Waals surface area contributed by atoms with E-state index in [0.717, 1.165) is 26.0 Å². The van der Waals surface area contributed by atoms with E-state index in [9.17, 15) is 14.4 Å². The summed E-state index contributed by atoms with van der Waals surface area (Å²) < 4.78 is 0. The molecule has 0 saturated heterocycles. The zero-order valence-electron chi connectivity index (χ0n) is 12.8. The zero-order chi connectivity index (χ0) is 17.0. The van der Waals surface area contributed by atoms with Crippen LogP contribution in [0.3, 0.4) is 0 Å². The van der Waals surface area contributed by atoms with Crippen molar-refractivity contribution in [1.82, 2.24) is 5.32 Å². The van der Waals surface area contributed by atoms with E-state index in [1.165, 1.54) is 6.07 Å². The number of carboxylic acid groups (broad SMARTS) is 1. The third-order valence-corrected chi connectivity index (χ3v) is 5.29. The number of amides is 1. The van der Waals surface area contributed by atoms with Gasteiger partial charge in [0.1, 0.15) is 4.88 Å². The van der Waals surface area contributed by atoms with Gasteiger partial charge in [-0.2, -0.15) is 0 Å². The molecule has 0 aliphatic heterocycles. The molecule has 0 aromatic carbocycles. The number of aromatic carboxylic acids is 1. The van der Waals surface area contributed by atoms with Crippen LogP contribution in [-0.4, -0.2) is 22.8 Å². The molecule has 0 bridgehead atoms. The number of rotatable bonds is 7. The normalized spacial score (nSPS) is 10.5. The number of nitrogens with one attached hydrogen (secondary N) is 1. The first-order chi connectivity index (χ1) is 10.9. The third-order valence-electron chi connectivity index (χ3n) is 3.25. The second-order valence-corrected chi connectivity index (χ2v) is 7.73. The highest BCUT2D eigenvalue weighted by molar-refractivity contribution is 7.13. The molecule has 2 aromatic heterocycles. The van der Waals surface area contributed by atoms with Crippen molar-refractivity contribution in [2.45, 2.75) is 33.2 Å². The van der Waals surface area contributed by atoms with Crippen molar-refractivity contribution in [3.8, 4) is 0 Å². The summed E-state index contributed by atoms with van der Waals surface area (Å²) in [5.74, 6) is -1.21. The first-order valence-corrected chi connectivity index (χ1v) is 8.69. The van der Waals surface area contributed by atoms with E-state index < -0.39 is 5.97 Å². The number of thiophene rings is 2. The molecule has 0 atom stereocenters. The van der Waals surface area contributed by atoms with Crippen molar-refractivity contribution in [2.75, 3.05) is 0 Å². The summed E-state index contributed by atoms with van der Waals surface area (Å²) in [7, 11) is 0. The van der Waals surface area contributed by atoms with Crippen molar-refractivity contribution in [3.05, 3.63) is 43.3 Å². The van der Waals surface area contributed by atoms with Crippen LogP contribution < -0.4 is 5.32 Å². The van der Waals surface area contributed by atoms with Crippen LogP contribution in [0, 0.1) is 13.8 Å². The Morgan fingerprint density at radius 3 is 2.43 bits per heavy atom. The second-order valence-electron chi connectivity index (χ2n) is 5.10. The number of hydrogen-bond donors (Lipinski definition) is 2. The molecule has 122 valence electrons. The van der Waals surface area contributed by atoms with Crippen LogP contribution in [0.2, 0.25) is 0 Å². The number of carboxylic acids is 1. The van der Waals surface area contributed by atoms with Gasteiger partial charge in [0.15, 0.2) is 5.78 Å². The fourth-order valence-electron chi connectivity index (χ4n) is 2.13. The minimum absolute atomic E-state index is 0.0220. The quantitative estimate of drug-likeness (QED) is 0.749. The molecule has 0 radical (unpaired) electrons. The minimum Gasteiger partial charge on any atom is -0.477 e. The first-order valence-electron chi connectivity index (χ1n) is 7.05. The average molecular weight is 351 g/mol. The van der Waals surface area contributed by atoms with E-state index in [2.05, 4.69) is 5.32 Å². The number of aryl methyl sites for hydroxylation is 2. The van der Waals surface area contributed by atoms with Crippen LogP contribution in [-0.2, 0) is 11.3 Å². The van der Waals surface area contributed by atoms with E-state index in [-0.39, 0.29) is 36.0 Å². The molecule has 0 aliphatic carbocycles. The van der Waals surface area contributed by atoms with Gasteiger partial charge in [0.05, 0.1) is 6.54 Å². The topological polar surface area (TPSA) is 83.5 Å². The molecule has 0 saturated carbocycles. The Bertz CT molecular complexity index is 745. The van der Waals surface area contributed by atoms with Gasteiger partial charge in [0.2, 0.25) is 5.91 Å².